The SMILES string of the molecule is NC(=S)c1cnc(NCCCOc2ccccc2)cn1. The molecule has 0 aliphatic heterocycles. The van der Waals surface area contributed by atoms with Crippen LogP contribution in [0.3, 0.4) is 0 Å². The van der Waals surface area contributed by atoms with Crippen LogP contribution in [0, 0.1) is 0 Å². The minimum Gasteiger partial charge on any atom is -0.494 e. The van der Waals surface area contributed by atoms with Crippen LogP contribution in [-0.4, -0.2) is 28.1 Å². The second-order valence-corrected chi connectivity index (χ2v) is 4.53. The van der Waals surface area contributed by atoms with Gasteiger partial charge in [0.05, 0.1) is 19.0 Å². The zero-order valence-electron chi connectivity index (χ0n) is 11.0. The van der Waals surface area contributed by atoms with Gasteiger partial charge in [-0.05, 0) is 18.6 Å². The van der Waals surface area contributed by atoms with Crippen molar-refractivity contribution < 1.29 is 4.74 Å². The molecule has 1 aromatic heterocycles. The van der Waals surface area contributed by atoms with E-state index in [1.165, 1.54) is 0 Å². The van der Waals surface area contributed by atoms with E-state index in [1.807, 2.05) is 30.3 Å². The summed E-state index contributed by atoms with van der Waals surface area (Å²) in [6.07, 6.45) is 4.05. The fraction of sp³-hybridized carbons (Fsp3) is 0.214. The van der Waals surface area contributed by atoms with Gasteiger partial charge in [0, 0.05) is 6.54 Å². The third-order valence-electron chi connectivity index (χ3n) is 2.54. The summed E-state index contributed by atoms with van der Waals surface area (Å²) >= 11 is 4.81. The van der Waals surface area contributed by atoms with Gasteiger partial charge in [-0.2, -0.15) is 0 Å². The summed E-state index contributed by atoms with van der Waals surface area (Å²) in [5.41, 5.74) is 5.98. The van der Waals surface area contributed by atoms with Gasteiger partial charge in [0.2, 0.25) is 0 Å². The van der Waals surface area contributed by atoms with Crippen molar-refractivity contribution in [2.24, 2.45) is 5.73 Å². The molecular formula is C14H16N4OS. The Labute approximate surface area is 123 Å². The summed E-state index contributed by atoms with van der Waals surface area (Å²) in [5.74, 6) is 1.58. The largest absolute Gasteiger partial charge is 0.494 e. The summed E-state index contributed by atoms with van der Waals surface area (Å²) in [7, 11) is 0. The molecule has 0 bridgehead atoms. The average molecular weight is 288 g/mol. The molecule has 0 saturated heterocycles. The molecule has 2 aromatic rings. The predicted octanol–water partition coefficient (Wildman–Crippen LogP) is 1.99. The molecule has 20 heavy (non-hydrogen) atoms. The number of thiocarbonyl (C=S) groups is 1. The van der Waals surface area contributed by atoms with Crippen LogP contribution in [0.5, 0.6) is 5.75 Å². The highest BCUT2D eigenvalue weighted by molar-refractivity contribution is 7.80. The van der Waals surface area contributed by atoms with Crippen molar-refractivity contribution in [3.63, 3.8) is 0 Å². The van der Waals surface area contributed by atoms with Gasteiger partial charge in [-0.1, -0.05) is 30.4 Å². The second-order valence-electron chi connectivity index (χ2n) is 4.09. The Balaban J connectivity index is 1.67. The number of ether oxygens (including phenoxy) is 1. The van der Waals surface area contributed by atoms with E-state index in [0.717, 1.165) is 18.7 Å². The molecular weight excluding hydrogens is 272 g/mol. The van der Waals surface area contributed by atoms with Gasteiger partial charge in [0.1, 0.15) is 22.2 Å². The number of aromatic nitrogens is 2. The summed E-state index contributed by atoms with van der Waals surface area (Å²) in [5, 5.41) is 3.16. The highest BCUT2D eigenvalue weighted by Gasteiger charge is 1.99. The van der Waals surface area contributed by atoms with Gasteiger partial charge >= 0.3 is 0 Å². The highest BCUT2D eigenvalue weighted by Crippen LogP contribution is 2.08. The lowest BCUT2D eigenvalue weighted by Gasteiger charge is -2.07. The Hall–Kier alpha value is -2.21. The number of anilines is 1. The van der Waals surface area contributed by atoms with Crippen LogP contribution >= 0.6 is 12.2 Å². The van der Waals surface area contributed by atoms with Crippen molar-refractivity contribution in [2.75, 3.05) is 18.5 Å². The van der Waals surface area contributed by atoms with Crippen molar-refractivity contribution in [1.82, 2.24) is 9.97 Å². The maximum atomic E-state index is 5.58. The van der Waals surface area contributed by atoms with E-state index in [9.17, 15) is 0 Å². The molecule has 0 spiro atoms. The topological polar surface area (TPSA) is 73.1 Å². The quantitative estimate of drug-likeness (QED) is 0.599. The Morgan fingerprint density at radius 1 is 1.20 bits per heavy atom. The Morgan fingerprint density at radius 3 is 2.65 bits per heavy atom. The first-order valence-corrected chi connectivity index (χ1v) is 6.70. The maximum absolute atomic E-state index is 5.58. The van der Waals surface area contributed by atoms with Crippen LogP contribution in [0.25, 0.3) is 0 Å². The van der Waals surface area contributed by atoms with Gasteiger partial charge in [-0.25, -0.2) is 9.97 Å². The molecule has 0 fully saturated rings. The fourth-order valence-corrected chi connectivity index (χ4v) is 1.65. The molecule has 104 valence electrons. The molecule has 0 aliphatic rings. The summed E-state index contributed by atoms with van der Waals surface area (Å²) in [6.45, 7) is 1.41. The van der Waals surface area contributed by atoms with E-state index in [2.05, 4.69) is 15.3 Å². The second kappa shape index (κ2) is 7.40. The van der Waals surface area contributed by atoms with Gasteiger partial charge in [0.25, 0.3) is 0 Å². The Bertz CT molecular complexity index is 545. The number of para-hydroxylation sites is 1. The van der Waals surface area contributed by atoms with E-state index in [-0.39, 0.29) is 4.99 Å². The van der Waals surface area contributed by atoms with Crippen molar-refractivity contribution in [3.05, 3.63) is 48.4 Å². The number of nitrogens with zero attached hydrogens (tertiary/aromatic N) is 2. The lowest BCUT2D eigenvalue weighted by molar-refractivity contribution is 0.315. The van der Waals surface area contributed by atoms with Gasteiger partial charge in [0.15, 0.2) is 0 Å². The number of hydrogen-bond donors (Lipinski definition) is 2. The minimum absolute atomic E-state index is 0.250. The molecule has 0 aliphatic carbocycles. The van der Waals surface area contributed by atoms with Crippen molar-refractivity contribution >= 4 is 23.0 Å². The number of nitrogens with two attached hydrogens (primary N) is 1. The molecule has 0 amide bonds. The molecule has 5 nitrogen and oxygen atoms in total. The molecule has 0 radical (unpaired) electrons. The van der Waals surface area contributed by atoms with E-state index < -0.39 is 0 Å². The summed E-state index contributed by atoms with van der Waals surface area (Å²) in [6, 6.07) is 9.74. The van der Waals surface area contributed by atoms with Gasteiger partial charge in [-0.15, -0.1) is 0 Å². The van der Waals surface area contributed by atoms with Crippen LogP contribution in [0.4, 0.5) is 5.82 Å². The smallest absolute Gasteiger partial charge is 0.144 e. The standard InChI is InChI=1S/C14H16N4OS/c15-14(20)12-9-18-13(10-17-12)16-7-4-8-19-11-5-2-1-3-6-11/h1-3,5-6,9-10H,4,7-8H2,(H2,15,20)(H,16,18). The minimum atomic E-state index is 0.250. The zero-order chi connectivity index (χ0) is 14.2. The first-order chi connectivity index (χ1) is 9.75. The molecule has 2 rings (SSSR count). The van der Waals surface area contributed by atoms with E-state index in [4.69, 9.17) is 22.7 Å². The zero-order valence-corrected chi connectivity index (χ0v) is 11.8. The molecule has 1 aromatic carbocycles. The summed E-state index contributed by atoms with van der Waals surface area (Å²) < 4.78 is 5.58. The predicted molar refractivity (Wildman–Crippen MR) is 83.0 cm³/mol. The Morgan fingerprint density at radius 2 is 2.00 bits per heavy atom. The van der Waals surface area contributed by atoms with Crippen molar-refractivity contribution in [2.45, 2.75) is 6.42 Å². The van der Waals surface area contributed by atoms with Crippen LogP contribution < -0.4 is 15.8 Å². The monoisotopic (exact) mass is 288 g/mol. The normalized spacial score (nSPS) is 10.0. The number of rotatable bonds is 7. The molecule has 3 N–H and O–H groups in total. The lowest BCUT2D eigenvalue weighted by Crippen LogP contribution is -2.13. The fourth-order valence-electron chi connectivity index (χ4n) is 1.54. The molecule has 6 heteroatoms. The van der Waals surface area contributed by atoms with Crippen molar-refractivity contribution in [3.8, 4) is 5.75 Å². The van der Waals surface area contributed by atoms with Crippen molar-refractivity contribution in [1.29, 1.82) is 0 Å². The van der Waals surface area contributed by atoms with Crippen LogP contribution in [-0.2, 0) is 0 Å². The third kappa shape index (κ3) is 4.47. The van der Waals surface area contributed by atoms with E-state index in [1.54, 1.807) is 12.4 Å². The molecule has 0 saturated carbocycles. The van der Waals surface area contributed by atoms with E-state index >= 15 is 0 Å². The van der Waals surface area contributed by atoms with Crippen LogP contribution in [0.15, 0.2) is 42.7 Å². The third-order valence-corrected chi connectivity index (χ3v) is 2.75. The average Bonchev–Trinajstić information content (AvgIpc) is 2.48. The van der Waals surface area contributed by atoms with E-state index in [0.29, 0.717) is 18.1 Å². The van der Waals surface area contributed by atoms with Gasteiger partial charge < -0.3 is 15.8 Å². The van der Waals surface area contributed by atoms with Crippen LogP contribution in [0.1, 0.15) is 12.1 Å². The first kappa shape index (κ1) is 14.2. The highest BCUT2D eigenvalue weighted by atomic mass is 32.1. The lowest BCUT2D eigenvalue weighted by atomic mass is 10.3. The first-order valence-electron chi connectivity index (χ1n) is 6.29. The number of hydrogen-bond acceptors (Lipinski definition) is 5. The molecule has 0 atom stereocenters. The maximum Gasteiger partial charge on any atom is 0.144 e. The molecule has 0 unspecified atom stereocenters. The Kier molecular flexibility index (Phi) is 5.25. The summed E-state index contributed by atoms with van der Waals surface area (Å²) in [4.78, 5) is 8.53. The molecule has 1 heterocycles. The number of nitrogens with one attached hydrogen (secondary N) is 1. The number of benzene rings is 1. The van der Waals surface area contributed by atoms with Crippen LogP contribution in [0.2, 0.25) is 0 Å². The van der Waals surface area contributed by atoms with Gasteiger partial charge in [-0.3, -0.25) is 0 Å².